The van der Waals surface area contributed by atoms with Crippen LogP contribution in [-0.2, 0) is 10.0 Å². The molecule has 0 saturated heterocycles. The second kappa shape index (κ2) is 4.46. The van der Waals surface area contributed by atoms with Gasteiger partial charge in [0.25, 0.3) is 0 Å². The van der Waals surface area contributed by atoms with Crippen molar-refractivity contribution in [2.75, 3.05) is 18.8 Å². The predicted octanol–water partition coefficient (Wildman–Crippen LogP) is 1.00. The Hall–Kier alpha value is -1.40. The quantitative estimate of drug-likeness (QED) is 0.798. The Labute approximate surface area is 101 Å². The molecule has 0 saturated carbocycles. The van der Waals surface area contributed by atoms with E-state index >= 15 is 0 Å². The minimum atomic E-state index is -3.51. The average Bonchev–Trinajstić information content (AvgIpc) is 2.30. The van der Waals surface area contributed by atoms with Crippen molar-refractivity contribution in [3.05, 3.63) is 30.0 Å². The Morgan fingerprint density at radius 3 is 2.82 bits per heavy atom. The number of anilines is 1. The SMILES string of the molecule is CC1=CCN(S(=O)(=O)c2cccnc2N)CC1. The summed E-state index contributed by atoms with van der Waals surface area (Å²) < 4.78 is 26.0. The van der Waals surface area contributed by atoms with Crippen LogP contribution in [0.2, 0.25) is 0 Å². The van der Waals surface area contributed by atoms with Crippen LogP contribution in [0.25, 0.3) is 0 Å². The maximum absolute atomic E-state index is 12.3. The topological polar surface area (TPSA) is 76.3 Å². The van der Waals surface area contributed by atoms with Gasteiger partial charge in [-0.3, -0.25) is 0 Å². The number of aromatic nitrogens is 1. The number of nitrogen functional groups attached to an aromatic ring is 1. The van der Waals surface area contributed by atoms with Gasteiger partial charge in [-0.2, -0.15) is 4.31 Å². The summed E-state index contributed by atoms with van der Waals surface area (Å²) in [5.41, 5.74) is 6.83. The molecule has 92 valence electrons. The fraction of sp³-hybridized carbons (Fsp3) is 0.364. The first-order valence-corrected chi connectivity index (χ1v) is 6.82. The Bertz CT molecular complexity index is 552. The number of hydrogen-bond acceptors (Lipinski definition) is 4. The summed E-state index contributed by atoms with van der Waals surface area (Å²) in [5, 5.41) is 0. The number of nitrogens with two attached hydrogens (primary N) is 1. The van der Waals surface area contributed by atoms with E-state index in [1.54, 1.807) is 6.07 Å². The molecule has 2 heterocycles. The van der Waals surface area contributed by atoms with Crippen LogP contribution in [0, 0.1) is 0 Å². The van der Waals surface area contributed by atoms with E-state index in [9.17, 15) is 8.42 Å². The van der Waals surface area contributed by atoms with Gasteiger partial charge in [0.05, 0.1) is 0 Å². The fourth-order valence-electron chi connectivity index (χ4n) is 1.73. The van der Waals surface area contributed by atoms with E-state index in [0.717, 1.165) is 6.42 Å². The van der Waals surface area contributed by atoms with E-state index in [1.807, 2.05) is 13.0 Å². The molecular formula is C11H15N3O2S. The molecule has 0 atom stereocenters. The molecule has 0 unspecified atom stereocenters. The van der Waals surface area contributed by atoms with Gasteiger partial charge in [-0.05, 0) is 25.5 Å². The highest BCUT2D eigenvalue weighted by atomic mass is 32.2. The lowest BCUT2D eigenvalue weighted by atomic mass is 10.1. The maximum Gasteiger partial charge on any atom is 0.247 e. The fourth-order valence-corrected chi connectivity index (χ4v) is 3.18. The highest BCUT2D eigenvalue weighted by Gasteiger charge is 2.27. The Kier molecular flexibility index (Phi) is 3.17. The van der Waals surface area contributed by atoms with Crippen LogP contribution in [0.15, 0.2) is 34.9 Å². The van der Waals surface area contributed by atoms with Crippen molar-refractivity contribution < 1.29 is 8.42 Å². The summed E-state index contributed by atoms with van der Waals surface area (Å²) in [7, 11) is -3.51. The van der Waals surface area contributed by atoms with Gasteiger partial charge in [0.1, 0.15) is 10.7 Å². The van der Waals surface area contributed by atoms with Crippen LogP contribution >= 0.6 is 0 Å². The molecule has 6 heteroatoms. The van der Waals surface area contributed by atoms with E-state index in [1.165, 1.54) is 22.1 Å². The zero-order chi connectivity index (χ0) is 12.5. The van der Waals surface area contributed by atoms with Crippen molar-refractivity contribution in [3.8, 4) is 0 Å². The molecule has 1 aliphatic rings. The molecule has 0 bridgehead atoms. The van der Waals surface area contributed by atoms with Gasteiger partial charge in [0, 0.05) is 19.3 Å². The van der Waals surface area contributed by atoms with Crippen molar-refractivity contribution in [1.82, 2.24) is 9.29 Å². The van der Waals surface area contributed by atoms with Crippen molar-refractivity contribution >= 4 is 15.8 Å². The van der Waals surface area contributed by atoms with Crippen molar-refractivity contribution in [2.45, 2.75) is 18.2 Å². The standard InChI is InChI=1S/C11H15N3O2S/c1-9-4-7-14(8-5-9)17(15,16)10-3-2-6-13-11(10)12/h2-4,6H,5,7-8H2,1H3,(H2,12,13). The zero-order valence-corrected chi connectivity index (χ0v) is 10.4. The summed E-state index contributed by atoms with van der Waals surface area (Å²) in [6.45, 7) is 2.91. The second-order valence-corrected chi connectivity index (χ2v) is 5.96. The Morgan fingerprint density at radius 2 is 2.24 bits per heavy atom. The summed E-state index contributed by atoms with van der Waals surface area (Å²) >= 11 is 0. The van der Waals surface area contributed by atoms with Crippen LogP contribution in [0.4, 0.5) is 5.82 Å². The molecule has 1 aromatic rings. The Balaban J connectivity index is 2.35. The molecule has 17 heavy (non-hydrogen) atoms. The first-order valence-electron chi connectivity index (χ1n) is 5.38. The third-order valence-electron chi connectivity index (χ3n) is 2.82. The van der Waals surface area contributed by atoms with Crippen molar-refractivity contribution in [2.24, 2.45) is 0 Å². The second-order valence-electron chi connectivity index (χ2n) is 4.05. The summed E-state index contributed by atoms with van der Waals surface area (Å²) in [6, 6.07) is 3.07. The molecular weight excluding hydrogens is 238 g/mol. The number of hydrogen-bond donors (Lipinski definition) is 1. The Morgan fingerprint density at radius 1 is 1.47 bits per heavy atom. The number of pyridine rings is 1. The summed E-state index contributed by atoms with van der Waals surface area (Å²) in [6.07, 6.45) is 4.17. The largest absolute Gasteiger partial charge is 0.383 e. The summed E-state index contributed by atoms with van der Waals surface area (Å²) in [5.74, 6) is 0.0544. The molecule has 0 radical (unpaired) electrons. The minimum absolute atomic E-state index is 0.0544. The molecule has 2 rings (SSSR count). The minimum Gasteiger partial charge on any atom is -0.383 e. The third kappa shape index (κ3) is 2.32. The van der Waals surface area contributed by atoms with Gasteiger partial charge in [0.15, 0.2) is 0 Å². The smallest absolute Gasteiger partial charge is 0.247 e. The van der Waals surface area contributed by atoms with E-state index in [4.69, 9.17) is 5.73 Å². The lowest BCUT2D eigenvalue weighted by molar-refractivity contribution is 0.431. The molecule has 5 nitrogen and oxygen atoms in total. The van der Waals surface area contributed by atoms with Gasteiger partial charge in [-0.15, -0.1) is 0 Å². The van der Waals surface area contributed by atoms with Crippen LogP contribution in [0.3, 0.4) is 0 Å². The van der Waals surface area contributed by atoms with E-state index < -0.39 is 10.0 Å². The molecule has 2 N–H and O–H groups in total. The number of rotatable bonds is 2. The van der Waals surface area contributed by atoms with E-state index in [-0.39, 0.29) is 10.7 Å². The van der Waals surface area contributed by atoms with Crippen LogP contribution in [0.1, 0.15) is 13.3 Å². The number of nitrogens with zero attached hydrogens (tertiary/aromatic N) is 2. The van der Waals surface area contributed by atoms with Gasteiger partial charge in [0.2, 0.25) is 10.0 Å². The highest BCUT2D eigenvalue weighted by Crippen LogP contribution is 2.22. The third-order valence-corrected chi connectivity index (χ3v) is 4.73. The van der Waals surface area contributed by atoms with Crippen LogP contribution in [0.5, 0.6) is 0 Å². The van der Waals surface area contributed by atoms with Gasteiger partial charge >= 0.3 is 0 Å². The molecule has 1 aliphatic heterocycles. The predicted molar refractivity (Wildman–Crippen MR) is 65.8 cm³/mol. The number of sulfonamides is 1. The van der Waals surface area contributed by atoms with Crippen molar-refractivity contribution in [1.29, 1.82) is 0 Å². The molecule has 0 spiro atoms. The molecule has 0 amide bonds. The van der Waals surface area contributed by atoms with Gasteiger partial charge in [-0.1, -0.05) is 11.6 Å². The maximum atomic E-state index is 12.3. The first kappa shape index (κ1) is 12.1. The average molecular weight is 253 g/mol. The van der Waals surface area contributed by atoms with Crippen molar-refractivity contribution in [3.63, 3.8) is 0 Å². The molecule has 0 fully saturated rings. The van der Waals surface area contributed by atoms with E-state index in [0.29, 0.717) is 13.1 Å². The molecule has 0 aromatic carbocycles. The monoisotopic (exact) mass is 253 g/mol. The molecule has 1 aromatic heterocycles. The zero-order valence-electron chi connectivity index (χ0n) is 9.63. The van der Waals surface area contributed by atoms with Crippen LogP contribution in [-0.4, -0.2) is 30.8 Å². The molecule has 0 aliphatic carbocycles. The van der Waals surface area contributed by atoms with Gasteiger partial charge < -0.3 is 5.73 Å². The first-order chi connectivity index (χ1) is 8.01. The van der Waals surface area contributed by atoms with E-state index in [2.05, 4.69) is 4.98 Å². The normalized spacial score (nSPS) is 17.8. The lowest BCUT2D eigenvalue weighted by Gasteiger charge is -2.24. The highest BCUT2D eigenvalue weighted by molar-refractivity contribution is 7.89. The summed E-state index contributed by atoms with van der Waals surface area (Å²) in [4.78, 5) is 3.90. The van der Waals surface area contributed by atoms with Crippen LogP contribution < -0.4 is 5.73 Å². The van der Waals surface area contributed by atoms with Gasteiger partial charge in [-0.25, -0.2) is 13.4 Å². The lowest BCUT2D eigenvalue weighted by Crippen LogP contribution is -2.35.